The minimum Gasteiger partial charge on any atom is -0.330 e. The fraction of sp³-hybridized carbons (Fsp3) is 0.455. The summed E-state index contributed by atoms with van der Waals surface area (Å²) in [5.74, 6) is -1.51. The molecule has 0 atom stereocenters. The van der Waals surface area contributed by atoms with Gasteiger partial charge >= 0.3 is 6.18 Å². The number of halogens is 4. The lowest BCUT2D eigenvalue weighted by atomic mass is 10.2. The van der Waals surface area contributed by atoms with Crippen LogP contribution in [0.15, 0.2) is 23.1 Å². The van der Waals surface area contributed by atoms with E-state index in [-0.39, 0.29) is 12.6 Å². The molecular formula is C11H14F4N2O2S. The number of hydrogen-bond donors (Lipinski definition) is 2. The van der Waals surface area contributed by atoms with E-state index in [4.69, 9.17) is 5.73 Å². The van der Waals surface area contributed by atoms with Crippen LogP contribution in [0.3, 0.4) is 0 Å². The van der Waals surface area contributed by atoms with Crippen molar-refractivity contribution in [2.45, 2.75) is 23.9 Å². The van der Waals surface area contributed by atoms with Crippen LogP contribution in [0.2, 0.25) is 0 Å². The molecule has 0 saturated carbocycles. The summed E-state index contributed by atoms with van der Waals surface area (Å²) in [6, 6.07) is 1.55. The predicted molar refractivity (Wildman–Crippen MR) is 64.9 cm³/mol. The van der Waals surface area contributed by atoms with Crippen molar-refractivity contribution in [1.82, 2.24) is 4.72 Å². The number of hydrogen-bond acceptors (Lipinski definition) is 3. The molecule has 0 bridgehead atoms. The maximum atomic E-state index is 13.1. The molecule has 0 fully saturated rings. The van der Waals surface area contributed by atoms with Gasteiger partial charge in [0.15, 0.2) is 0 Å². The zero-order chi connectivity index (χ0) is 15.4. The first-order chi connectivity index (χ1) is 9.18. The van der Waals surface area contributed by atoms with E-state index in [1.54, 1.807) is 0 Å². The molecule has 3 N–H and O–H groups in total. The van der Waals surface area contributed by atoms with Gasteiger partial charge in [-0.3, -0.25) is 0 Å². The van der Waals surface area contributed by atoms with Crippen LogP contribution in [-0.2, 0) is 16.2 Å². The lowest BCUT2D eigenvalue weighted by molar-refractivity contribution is -0.140. The Morgan fingerprint density at radius 1 is 1.20 bits per heavy atom. The van der Waals surface area contributed by atoms with Crippen molar-refractivity contribution in [2.24, 2.45) is 5.73 Å². The fourth-order valence-electron chi connectivity index (χ4n) is 1.45. The molecule has 0 aliphatic carbocycles. The zero-order valence-corrected chi connectivity index (χ0v) is 11.2. The number of nitrogens with one attached hydrogen (secondary N) is 1. The van der Waals surface area contributed by atoms with E-state index in [2.05, 4.69) is 4.72 Å². The fourth-order valence-corrected chi connectivity index (χ4v) is 2.55. The van der Waals surface area contributed by atoms with E-state index >= 15 is 0 Å². The van der Waals surface area contributed by atoms with E-state index in [1.165, 1.54) is 0 Å². The van der Waals surface area contributed by atoms with Crippen molar-refractivity contribution in [2.75, 3.05) is 13.1 Å². The molecule has 0 aliphatic rings. The lowest BCUT2D eigenvalue weighted by Gasteiger charge is -2.11. The highest BCUT2D eigenvalue weighted by atomic mass is 32.2. The van der Waals surface area contributed by atoms with Crippen molar-refractivity contribution < 1.29 is 26.0 Å². The maximum Gasteiger partial charge on any atom is 0.419 e. The molecule has 0 spiro atoms. The Morgan fingerprint density at radius 2 is 1.85 bits per heavy atom. The Morgan fingerprint density at radius 3 is 2.40 bits per heavy atom. The van der Waals surface area contributed by atoms with Crippen molar-refractivity contribution in [3.05, 3.63) is 29.6 Å². The molecule has 0 aliphatic heterocycles. The van der Waals surface area contributed by atoms with Gasteiger partial charge in [-0.15, -0.1) is 0 Å². The third-order valence-corrected chi connectivity index (χ3v) is 3.94. The van der Waals surface area contributed by atoms with E-state index in [9.17, 15) is 26.0 Å². The van der Waals surface area contributed by atoms with Gasteiger partial charge in [0.25, 0.3) is 0 Å². The average Bonchev–Trinajstić information content (AvgIpc) is 2.33. The molecule has 0 unspecified atom stereocenters. The molecule has 0 radical (unpaired) electrons. The number of unbranched alkanes of at least 4 members (excludes halogenated alkanes) is 1. The van der Waals surface area contributed by atoms with Gasteiger partial charge < -0.3 is 5.73 Å². The summed E-state index contributed by atoms with van der Waals surface area (Å²) in [7, 11) is -4.10. The smallest absolute Gasteiger partial charge is 0.330 e. The van der Waals surface area contributed by atoms with Crippen molar-refractivity contribution in [1.29, 1.82) is 0 Å². The van der Waals surface area contributed by atoms with E-state index in [0.717, 1.165) is 6.07 Å². The largest absolute Gasteiger partial charge is 0.419 e. The summed E-state index contributed by atoms with van der Waals surface area (Å²) in [6.07, 6.45) is -3.90. The minimum atomic E-state index is -4.95. The third kappa shape index (κ3) is 4.43. The van der Waals surface area contributed by atoms with Gasteiger partial charge in [-0.2, -0.15) is 13.2 Å². The van der Waals surface area contributed by atoms with Crippen LogP contribution in [-0.4, -0.2) is 21.5 Å². The van der Waals surface area contributed by atoms with Crippen LogP contribution in [0, 0.1) is 5.82 Å². The quantitative estimate of drug-likeness (QED) is 0.622. The topological polar surface area (TPSA) is 72.2 Å². The Bertz CT molecular complexity index is 558. The molecule has 9 heteroatoms. The third-order valence-electron chi connectivity index (χ3n) is 2.48. The number of sulfonamides is 1. The van der Waals surface area contributed by atoms with Gasteiger partial charge in [0, 0.05) is 6.54 Å². The van der Waals surface area contributed by atoms with E-state index < -0.39 is 32.5 Å². The Kier molecular flexibility index (Phi) is 5.49. The molecule has 0 heterocycles. The van der Waals surface area contributed by atoms with Crippen LogP contribution in [0.5, 0.6) is 0 Å². The van der Waals surface area contributed by atoms with Crippen LogP contribution in [0.1, 0.15) is 18.4 Å². The standard InChI is InChI=1S/C11H14F4N2O2S/c12-10-4-3-8(7-9(10)11(13,14)15)20(18,19)17-6-2-1-5-16/h3-4,7,17H,1-2,5-6,16H2. The molecule has 0 aromatic heterocycles. The van der Waals surface area contributed by atoms with Gasteiger partial charge in [-0.1, -0.05) is 0 Å². The SMILES string of the molecule is NCCCCNS(=O)(=O)c1ccc(F)c(C(F)(F)F)c1. The highest BCUT2D eigenvalue weighted by molar-refractivity contribution is 7.89. The number of benzene rings is 1. The summed E-state index contributed by atoms with van der Waals surface area (Å²) >= 11 is 0. The average molecular weight is 314 g/mol. The maximum absolute atomic E-state index is 13.1. The molecule has 0 amide bonds. The normalized spacial score (nSPS) is 12.7. The Labute approximate surface area is 114 Å². The summed E-state index contributed by atoms with van der Waals surface area (Å²) in [5.41, 5.74) is 3.62. The predicted octanol–water partition coefficient (Wildman–Crippen LogP) is 1.86. The molecule has 20 heavy (non-hydrogen) atoms. The number of alkyl halides is 3. The molecular weight excluding hydrogens is 300 g/mol. The van der Waals surface area contributed by atoms with Gasteiger partial charge in [0.2, 0.25) is 10.0 Å². The molecule has 1 rings (SSSR count). The molecule has 1 aromatic rings. The minimum absolute atomic E-state index is 0.0538. The Hall–Kier alpha value is -1.19. The molecule has 114 valence electrons. The van der Waals surface area contributed by atoms with Gasteiger partial charge in [0.05, 0.1) is 10.5 Å². The second-order valence-electron chi connectivity index (χ2n) is 4.03. The first kappa shape index (κ1) is 16.9. The highest BCUT2D eigenvalue weighted by Crippen LogP contribution is 2.32. The van der Waals surface area contributed by atoms with Gasteiger partial charge in [-0.25, -0.2) is 17.5 Å². The number of nitrogens with two attached hydrogens (primary N) is 1. The summed E-state index contributed by atoms with van der Waals surface area (Å²) < 4.78 is 76.2. The van der Waals surface area contributed by atoms with Crippen molar-refractivity contribution in [3.8, 4) is 0 Å². The monoisotopic (exact) mass is 314 g/mol. The Balaban J connectivity index is 2.96. The van der Waals surface area contributed by atoms with Crippen LogP contribution >= 0.6 is 0 Å². The van der Waals surface area contributed by atoms with Crippen LogP contribution in [0.25, 0.3) is 0 Å². The highest BCUT2D eigenvalue weighted by Gasteiger charge is 2.35. The second kappa shape index (κ2) is 6.51. The first-order valence-corrected chi connectivity index (χ1v) is 7.23. The first-order valence-electron chi connectivity index (χ1n) is 5.75. The van der Waals surface area contributed by atoms with E-state index in [0.29, 0.717) is 25.5 Å². The van der Waals surface area contributed by atoms with Crippen LogP contribution < -0.4 is 10.5 Å². The molecule has 4 nitrogen and oxygen atoms in total. The van der Waals surface area contributed by atoms with Gasteiger partial charge in [-0.05, 0) is 37.6 Å². The lowest BCUT2D eigenvalue weighted by Crippen LogP contribution is -2.25. The summed E-state index contributed by atoms with van der Waals surface area (Å²) in [4.78, 5) is -0.626. The van der Waals surface area contributed by atoms with Gasteiger partial charge in [0.1, 0.15) is 5.82 Å². The summed E-state index contributed by atoms with van der Waals surface area (Å²) in [6.45, 7) is 0.439. The molecule has 1 aromatic carbocycles. The second-order valence-corrected chi connectivity index (χ2v) is 5.80. The summed E-state index contributed by atoms with van der Waals surface area (Å²) in [5, 5.41) is 0. The molecule has 0 saturated heterocycles. The zero-order valence-electron chi connectivity index (χ0n) is 10.4. The van der Waals surface area contributed by atoms with Crippen molar-refractivity contribution >= 4 is 10.0 Å². The van der Waals surface area contributed by atoms with E-state index in [1.807, 2.05) is 0 Å². The van der Waals surface area contributed by atoms with Crippen molar-refractivity contribution in [3.63, 3.8) is 0 Å². The van der Waals surface area contributed by atoms with Crippen LogP contribution in [0.4, 0.5) is 17.6 Å². The number of rotatable bonds is 6.